The largest absolute Gasteiger partial charge is 0.288 e. The van der Waals surface area contributed by atoms with Crippen LogP contribution in [0.3, 0.4) is 0 Å². The maximum atomic E-state index is 11.9. The lowest BCUT2D eigenvalue weighted by molar-refractivity contribution is -0.401. The number of carbonyl (C=O) groups is 1. The Balaban J connectivity index is 1.71. The molecular weight excluding hydrogens is 344 g/mol. The number of anilines is 1. The molecule has 1 heterocycles. The summed E-state index contributed by atoms with van der Waals surface area (Å²) in [6, 6.07) is 18.2. The van der Waals surface area contributed by atoms with Crippen LogP contribution in [0.2, 0.25) is 0 Å². The zero-order valence-corrected chi connectivity index (χ0v) is 17.0. The first kappa shape index (κ1) is 19.6. The number of hydrogen-bond donors (Lipinski definition) is 0. The highest BCUT2D eigenvalue weighted by Gasteiger charge is 2.42. The van der Waals surface area contributed by atoms with Crippen LogP contribution in [0.1, 0.15) is 26.3 Å². The molecule has 0 spiro atoms. The van der Waals surface area contributed by atoms with Gasteiger partial charge in [-0.25, -0.2) is 0 Å². The van der Waals surface area contributed by atoms with Crippen LogP contribution in [0.4, 0.5) is 11.4 Å². The Morgan fingerprint density at radius 1 is 0.929 bits per heavy atom. The Morgan fingerprint density at radius 2 is 1.57 bits per heavy atom. The van der Waals surface area contributed by atoms with E-state index in [1.165, 1.54) is 17.0 Å². The van der Waals surface area contributed by atoms with Crippen LogP contribution in [-0.2, 0) is 10.2 Å². The van der Waals surface area contributed by atoms with Gasteiger partial charge in [-0.1, -0.05) is 54.6 Å². The van der Waals surface area contributed by atoms with Crippen molar-refractivity contribution in [1.82, 2.24) is 0 Å². The summed E-state index contributed by atoms with van der Waals surface area (Å²) in [7, 11) is 2.11. The molecule has 0 unspecified atom stereocenters. The maximum absolute atomic E-state index is 11.9. The summed E-state index contributed by atoms with van der Waals surface area (Å²) in [6.45, 7) is 6.07. The molecule has 1 aliphatic rings. The van der Waals surface area contributed by atoms with E-state index in [-0.39, 0.29) is 11.3 Å². The van der Waals surface area contributed by atoms with Gasteiger partial charge >= 0.3 is 0 Å². The molecule has 0 bridgehead atoms. The number of rotatable bonds is 5. The minimum atomic E-state index is -0.0236. The summed E-state index contributed by atoms with van der Waals surface area (Å²) in [5.74, 6) is -0.0194. The summed E-state index contributed by atoms with van der Waals surface area (Å²) in [6.07, 6.45) is 11.8. The molecule has 0 atom stereocenters. The van der Waals surface area contributed by atoms with E-state index in [0.29, 0.717) is 0 Å². The van der Waals surface area contributed by atoms with Crippen LogP contribution >= 0.6 is 0 Å². The van der Waals surface area contributed by atoms with Crippen molar-refractivity contribution in [3.05, 3.63) is 96.7 Å². The number of fused-ring (bicyclic) bond motifs is 1. The minimum absolute atomic E-state index is 0.0194. The molecule has 2 aromatic rings. The molecule has 0 aliphatic carbocycles. The first-order chi connectivity index (χ1) is 13.4. The quantitative estimate of drug-likeness (QED) is 0.512. The Labute approximate surface area is 167 Å². The molecule has 0 saturated carbocycles. The molecule has 3 nitrogen and oxygen atoms in total. The molecule has 0 radical (unpaired) electrons. The van der Waals surface area contributed by atoms with E-state index >= 15 is 0 Å². The zero-order valence-electron chi connectivity index (χ0n) is 17.0. The summed E-state index contributed by atoms with van der Waals surface area (Å²) in [5, 5.41) is 0. The van der Waals surface area contributed by atoms with E-state index in [2.05, 4.69) is 55.8 Å². The number of benzene rings is 2. The van der Waals surface area contributed by atoms with Crippen molar-refractivity contribution in [3.8, 4) is 0 Å². The van der Waals surface area contributed by atoms with Crippen molar-refractivity contribution in [2.45, 2.75) is 26.2 Å². The maximum Gasteiger partial charge on any atom is 0.227 e. The van der Waals surface area contributed by atoms with Crippen LogP contribution in [0.5, 0.6) is 0 Å². The predicted molar refractivity (Wildman–Crippen MR) is 117 cm³/mol. The van der Waals surface area contributed by atoms with Crippen LogP contribution in [0.15, 0.2) is 91.2 Å². The third kappa shape index (κ3) is 3.89. The van der Waals surface area contributed by atoms with Crippen molar-refractivity contribution in [2.24, 2.45) is 0 Å². The first-order valence-electron chi connectivity index (χ1n) is 9.50. The lowest BCUT2D eigenvalue weighted by atomic mass is 9.81. The number of allylic oxidation sites excluding steroid dienone is 5. The van der Waals surface area contributed by atoms with Gasteiger partial charge in [-0.2, -0.15) is 4.58 Å². The number of nitrogens with zero attached hydrogens (tertiary/aromatic N) is 2. The molecule has 0 N–H and O–H groups in total. The van der Waals surface area contributed by atoms with Crippen molar-refractivity contribution in [2.75, 3.05) is 11.9 Å². The molecule has 142 valence electrons. The van der Waals surface area contributed by atoms with E-state index < -0.39 is 0 Å². The van der Waals surface area contributed by atoms with Crippen molar-refractivity contribution < 1.29 is 9.37 Å². The highest BCUT2D eigenvalue weighted by atomic mass is 16.2. The Bertz CT molecular complexity index is 979. The Hall–Kier alpha value is -3.20. The standard InChI is InChI=1S/C25H27N2O/c1-20(28)27(21-14-8-7-9-15-21)19-13-6-5-10-18-24-25(2,3)22-16-11-12-17-23(22)26(24)4/h5-19H,1-4H3/q+1. The highest BCUT2D eigenvalue weighted by Crippen LogP contribution is 2.38. The number of hydrogen-bond acceptors (Lipinski definition) is 1. The lowest BCUT2D eigenvalue weighted by Crippen LogP contribution is -2.26. The normalized spacial score (nSPS) is 15.7. The molecule has 1 aliphatic heterocycles. The average Bonchev–Trinajstić information content (AvgIpc) is 2.88. The molecule has 3 rings (SSSR count). The summed E-state index contributed by atoms with van der Waals surface area (Å²) >= 11 is 0. The van der Waals surface area contributed by atoms with E-state index in [4.69, 9.17) is 0 Å². The number of para-hydroxylation sites is 2. The van der Waals surface area contributed by atoms with Gasteiger partial charge in [0, 0.05) is 36.5 Å². The highest BCUT2D eigenvalue weighted by molar-refractivity contribution is 6.03. The van der Waals surface area contributed by atoms with Gasteiger partial charge in [0.25, 0.3) is 0 Å². The summed E-state index contributed by atoms with van der Waals surface area (Å²) < 4.78 is 2.25. The van der Waals surface area contributed by atoms with Crippen molar-refractivity contribution >= 4 is 23.0 Å². The molecule has 0 saturated heterocycles. The Kier molecular flexibility index (Phi) is 5.74. The Morgan fingerprint density at radius 3 is 2.25 bits per heavy atom. The fraction of sp³-hybridized carbons (Fsp3) is 0.200. The van der Waals surface area contributed by atoms with Gasteiger partial charge in [-0.3, -0.25) is 9.69 Å². The van der Waals surface area contributed by atoms with Crippen LogP contribution in [-0.4, -0.2) is 23.2 Å². The van der Waals surface area contributed by atoms with Crippen LogP contribution in [0.25, 0.3) is 0 Å². The molecule has 3 heteroatoms. The van der Waals surface area contributed by atoms with Gasteiger partial charge < -0.3 is 0 Å². The molecule has 28 heavy (non-hydrogen) atoms. The molecule has 0 aromatic heterocycles. The second-order valence-electron chi connectivity index (χ2n) is 7.40. The van der Waals surface area contributed by atoms with Gasteiger partial charge in [0.05, 0.1) is 5.41 Å². The second-order valence-corrected chi connectivity index (χ2v) is 7.40. The number of amides is 1. The molecule has 0 fully saturated rings. The monoisotopic (exact) mass is 371 g/mol. The SMILES string of the molecule is CC(=O)N(/C=C/C=C/C=C/C1=[N+](C)c2ccccc2C1(C)C)c1ccccc1. The third-order valence-electron chi connectivity index (χ3n) is 5.14. The lowest BCUT2D eigenvalue weighted by Gasteiger charge is -2.15. The summed E-state index contributed by atoms with van der Waals surface area (Å²) in [4.78, 5) is 13.5. The van der Waals surface area contributed by atoms with Crippen molar-refractivity contribution in [1.29, 1.82) is 0 Å². The van der Waals surface area contributed by atoms with Crippen LogP contribution < -0.4 is 4.90 Å². The third-order valence-corrected chi connectivity index (χ3v) is 5.14. The van der Waals surface area contributed by atoms with Gasteiger partial charge in [-0.05, 0) is 32.1 Å². The summed E-state index contributed by atoms with van der Waals surface area (Å²) in [5.41, 5.74) is 4.70. The number of carbonyl (C=O) groups excluding carboxylic acids is 1. The van der Waals surface area contributed by atoms with E-state index in [1.54, 1.807) is 18.0 Å². The van der Waals surface area contributed by atoms with Gasteiger partial charge in [-0.15, -0.1) is 0 Å². The fourth-order valence-electron chi connectivity index (χ4n) is 3.67. The first-order valence-corrected chi connectivity index (χ1v) is 9.50. The van der Waals surface area contributed by atoms with Gasteiger partial charge in [0.2, 0.25) is 11.6 Å². The predicted octanol–water partition coefficient (Wildman–Crippen LogP) is 5.37. The van der Waals surface area contributed by atoms with E-state index in [9.17, 15) is 4.79 Å². The average molecular weight is 372 g/mol. The van der Waals surface area contributed by atoms with Gasteiger partial charge in [0.15, 0.2) is 5.71 Å². The van der Waals surface area contributed by atoms with E-state index in [0.717, 1.165) is 5.69 Å². The van der Waals surface area contributed by atoms with E-state index in [1.807, 2.05) is 54.6 Å². The van der Waals surface area contributed by atoms with Crippen LogP contribution in [0, 0.1) is 0 Å². The second kappa shape index (κ2) is 8.22. The van der Waals surface area contributed by atoms with Crippen molar-refractivity contribution in [3.63, 3.8) is 0 Å². The topological polar surface area (TPSA) is 23.3 Å². The smallest absolute Gasteiger partial charge is 0.227 e. The molecule has 1 amide bonds. The molecule has 2 aromatic carbocycles. The van der Waals surface area contributed by atoms with Gasteiger partial charge in [0.1, 0.15) is 7.05 Å². The fourth-order valence-corrected chi connectivity index (χ4v) is 3.67. The zero-order chi connectivity index (χ0) is 20.1. The minimum Gasteiger partial charge on any atom is -0.288 e. The molecular formula is C25H27N2O+.